The first kappa shape index (κ1) is 16.0. The Hall–Kier alpha value is -1.49. The Balaban J connectivity index is 1.86. The number of aromatic amines is 1. The van der Waals surface area contributed by atoms with Crippen molar-refractivity contribution in [3.05, 3.63) is 40.9 Å². The average Bonchev–Trinajstić information content (AvgIpc) is 2.93. The predicted octanol–water partition coefficient (Wildman–Crippen LogP) is 4.58. The summed E-state index contributed by atoms with van der Waals surface area (Å²) in [5.41, 5.74) is 3.71. The molecule has 5 heteroatoms. The summed E-state index contributed by atoms with van der Waals surface area (Å²) in [5.74, 6) is 0. The van der Waals surface area contributed by atoms with Crippen molar-refractivity contribution in [2.45, 2.75) is 45.8 Å². The Labute approximate surface area is 147 Å². The van der Waals surface area contributed by atoms with Gasteiger partial charge in [0.05, 0.1) is 11.2 Å². The number of aromatic nitrogens is 1. The van der Waals surface area contributed by atoms with Crippen LogP contribution in [-0.4, -0.2) is 23.3 Å². The van der Waals surface area contributed by atoms with E-state index in [0.29, 0.717) is 0 Å². The third kappa shape index (κ3) is 2.28. The molecule has 0 radical (unpaired) electrons. The summed E-state index contributed by atoms with van der Waals surface area (Å²) < 4.78 is 12.4. The van der Waals surface area contributed by atoms with E-state index in [-0.39, 0.29) is 18.3 Å². The first-order valence-corrected chi connectivity index (χ1v) is 8.63. The van der Waals surface area contributed by atoms with Gasteiger partial charge in [-0.1, -0.05) is 17.7 Å². The van der Waals surface area contributed by atoms with Crippen LogP contribution >= 0.6 is 11.6 Å². The lowest BCUT2D eigenvalue weighted by atomic mass is 9.78. The zero-order chi connectivity index (χ0) is 17.3. The number of nitrogens with one attached hydrogen (secondary N) is 1. The van der Waals surface area contributed by atoms with E-state index < -0.39 is 0 Å². The number of hydrogen-bond donors (Lipinski definition) is 1. The molecule has 2 heterocycles. The number of rotatable bonds is 1. The average molecular weight is 342 g/mol. The number of halogens is 1. The van der Waals surface area contributed by atoms with Crippen LogP contribution in [0.15, 0.2) is 30.3 Å². The van der Waals surface area contributed by atoms with Crippen molar-refractivity contribution in [2.75, 3.05) is 0 Å². The lowest BCUT2D eigenvalue weighted by Gasteiger charge is -2.32. The van der Waals surface area contributed by atoms with Crippen LogP contribution in [0.3, 0.4) is 0 Å². The summed E-state index contributed by atoms with van der Waals surface area (Å²) >= 11 is 6.17. The van der Waals surface area contributed by atoms with Crippen LogP contribution in [0.1, 0.15) is 33.3 Å². The van der Waals surface area contributed by atoms with Crippen molar-refractivity contribution in [1.29, 1.82) is 0 Å². The molecule has 3 nitrogen and oxygen atoms in total. The quantitative estimate of drug-likeness (QED) is 0.657. The molecule has 1 saturated heterocycles. The summed E-state index contributed by atoms with van der Waals surface area (Å²) in [5, 5.41) is 3.10. The molecule has 1 aromatic heterocycles. The molecule has 0 aliphatic carbocycles. The Kier molecular flexibility index (Phi) is 3.34. The SMILES string of the molecule is Cc1cc(B2OC(C)(C)C(C)(C)O2)cc2[nH]c3ccc(Cl)cc3c12. The second-order valence-electron chi connectivity index (χ2n) is 7.66. The van der Waals surface area contributed by atoms with Crippen LogP contribution in [0.25, 0.3) is 21.8 Å². The van der Waals surface area contributed by atoms with Crippen molar-refractivity contribution in [1.82, 2.24) is 4.98 Å². The van der Waals surface area contributed by atoms with Gasteiger partial charge in [-0.25, -0.2) is 0 Å². The molecule has 24 heavy (non-hydrogen) atoms. The molecule has 0 spiro atoms. The van der Waals surface area contributed by atoms with E-state index in [2.05, 4.69) is 51.7 Å². The molecule has 0 bridgehead atoms. The van der Waals surface area contributed by atoms with E-state index in [4.69, 9.17) is 20.9 Å². The maximum absolute atomic E-state index is 6.19. The zero-order valence-corrected chi connectivity index (χ0v) is 15.4. The molecule has 0 saturated carbocycles. The third-order valence-corrected chi connectivity index (χ3v) is 5.64. The molecule has 1 aliphatic heterocycles. The van der Waals surface area contributed by atoms with Gasteiger partial charge in [0, 0.05) is 26.8 Å². The highest BCUT2D eigenvalue weighted by Gasteiger charge is 2.51. The summed E-state index contributed by atoms with van der Waals surface area (Å²) in [6.07, 6.45) is 0. The van der Waals surface area contributed by atoms with E-state index in [1.165, 1.54) is 10.9 Å². The first-order valence-electron chi connectivity index (χ1n) is 8.25. The maximum Gasteiger partial charge on any atom is 0.494 e. The fourth-order valence-corrected chi connectivity index (χ4v) is 3.54. The lowest BCUT2D eigenvalue weighted by Crippen LogP contribution is -2.41. The standard InChI is InChI=1S/C19H21BClNO2/c1-11-8-12(20-23-18(2,3)19(4,5)24-20)9-16-17(11)14-10-13(21)6-7-15(14)22-16/h6-10,22H,1-5H3. The summed E-state index contributed by atoms with van der Waals surface area (Å²) in [7, 11) is -0.354. The molecule has 0 atom stereocenters. The van der Waals surface area contributed by atoms with Gasteiger partial charge < -0.3 is 14.3 Å². The van der Waals surface area contributed by atoms with Crippen LogP contribution < -0.4 is 5.46 Å². The minimum atomic E-state index is -0.354. The first-order chi connectivity index (χ1) is 11.2. The smallest absolute Gasteiger partial charge is 0.399 e. The highest BCUT2D eigenvalue weighted by Crippen LogP contribution is 2.37. The Bertz CT molecular complexity index is 945. The maximum atomic E-state index is 6.19. The van der Waals surface area contributed by atoms with Crippen molar-refractivity contribution >= 4 is 46.0 Å². The van der Waals surface area contributed by atoms with Crippen molar-refractivity contribution in [3.8, 4) is 0 Å². The zero-order valence-electron chi connectivity index (χ0n) is 14.7. The van der Waals surface area contributed by atoms with Gasteiger partial charge in [0.1, 0.15) is 0 Å². The molecule has 2 aromatic carbocycles. The molecule has 1 N–H and O–H groups in total. The monoisotopic (exact) mass is 341 g/mol. The number of benzene rings is 2. The topological polar surface area (TPSA) is 34.2 Å². The van der Waals surface area contributed by atoms with Crippen LogP contribution in [0, 0.1) is 6.92 Å². The number of hydrogen-bond acceptors (Lipinski definition) is 2. The number of fused-ring (bicyclic) bond motifs is 3. The molecular weight excluding hydrogens is 320 g/mol. The normalized spacial score (nSPS) is 19.5. The molecular formula is C19H21BClNO2. The highest BCUT2D eigenvalue weighted by molar-refractivity contribution is 6.62. The predicted molar refractivity (Wildman–Crippen MR) is 101 cm³/mol. The lowest BCUT2D eigenvalue weighted by molar-refractivity contribution is 0.00578. The Morgan fingerprint density at radius 2 is 1.62 bits per heavy atom. The number of H-pyrrole nitrogens is 1. The molecule has 0 unspecified atom stereocenters. The van der Waals surface area contributed by atoms with Gasteiger partial charge in [-0.05, 0) is 69.9 Å². The largest absolute Gasteiger partial charge is 0.494 e. The molecule has 124 valence electrons. The van der Waals surface area contributed by atoms with Gasteiger partial charge in [0.25, 0.3) is 0 Å². The summed E-state index contributed by atoms with van der Waals surface area (Å²) in [6.45, 7) is 10.4. The van der Waals surface area contributed by atoms with Gasteiger partial charge in [0.2, 0.25) is 0 Å². The van der Waals surface area contributed by atoms with Gasteiger partial charge >= 0.3 is 7.12 Å². The minimum Gasteiger partial charge on any atom is -0.399 e. The van der Waals surface area contributed by atoms with Crippen LogP contribution in [0.2, 0.25) is 5.02 Å². The van der Waals surface area contributed by atoms with Crippen LogP contribution in [0.5, 0.6) is 0 Å². The Morgan fingerprint density at radius 1 is 0.958 bits per heavy atom. The highest BCUT2D eigenvalue weighted by atomic mass is 35.5. The van der Waals surface area contributed by atoms with E-state index in [0.717, 1.165) is 26.9 Å². The molecule has 1 fully saturated rings. The minimum absolute atomic E-state index is 0.339. The van der Waals surface area contributed by atoms with E-state index >= 15 is 0 Å². The Morgan fingerprint density at radius 3 is 2.29 bits per heavy atom. The fraction of sp³-hybridized carbons (Fsp3) is 0.368. The van der Waals surface area contributed by atoms with Crippen molar-refractivity contribution in [3.63, 3.8) is 0 Å². The van der Waals surface area contributed by atoms with Gasteiger partial charge in [-0.3, -0.25) is 0 Å². The van der Waals surface area contributed by atoms with Crippen LogP contribution in [-0.2, 0) is 9.31 Å². The van der Waals surface area contributed by atoms with Crippen molar-refractivity contribution in [2.24, 2.45) is 0 Å². The summed E-state index contributed by atoms with van der Waals surface area (Å²) in [4.78, 5) is 3.48. The van der Waals surface area contributed by atoms with Crippen LogP contribution in [0.4, 0.5) is 0 Å². The van der Waals surface area contributed by atoms with Gasteiger partial charge in [0.15, 0.2) is 0 Å². The van der Waals surface area contributed by atoms with Gasteiger partial charge in [-0.2, -0.15) is 0 Å². The third-order valence-electron chi connectivity index (χ3n) is 5.40. The molecule has 3 aromatic rings. The molecule has 4 rings (SSSR count). The van der Waals surface area contributed by atoms with Crippen molar-refractivity contribution < 1.29 is 9.31 Å². The van der Waals surface area contributed by atoms with E-state index in [1.807, 2.05) is 18.2 Å². The fourth-order valence-electron chi connectivity index (χ4n) is 3.36. The van der Waals surface area contributed by atoms with E-state index in [9.17, 15) is 0 Å². The van der Waals surface area contributed by atoms with Gasteiger partial charge in [-0.15, -0.1) is 0 Å². The van der Waals surface area contributed by atoms with E-state index in [1.54, 1.807) is 0 Å². The summed E-state index contributed by atoms with van der Waals surface area (Å²) in [6, 6.07) is 10.2. The number of aryl methyl sites for hydroxylation is 1. The molecule has 1 aliphatic rings. The molecule has 0 amide bonds. The second kappa shape index (κ2) is 5.01. The second-order valence-corrected chi connectivity index (χ2v) is 8.10.